The molecule has 6 atom stereocenters. The SMILES string of the molecule is CO[C@@H](COC(c1ccccc1)(c1ccccc1)c1ccccc1)C[C@H](OC)[C@@H](C)C=C[C@H](C[C@H](OC)[C@@H](C)C=O)OC. The molecule has 232 valence electrons. The van der Waals surface area contributed by atoms with Gasteiger partial charge in [-0.25, -0.2) is 0 Å². The van der Waals surface area contributed by atoms with E-state index < -0.39 is 5.60 Å². The highest BCUT2D eigenvalue weighted by molar-refractivity contribution is 5.53. The smallest absolute Gasteiger partial charge is 0.143 e. The molecule has 0 fully saturated rings. The number of carbonyl (C=O) groups excluding carboxylic acids is 1. The number of carbonyl (C=O) groups is 1. The van der Waals surface area contributed by atoms with Gasteiger partial charge in [-0.05, 0) is 16.7 Å². The van der Waals surface area contributed by atoms with E-state index in [4.69, 9.17) is 23.7 Å². The lowest BCUT2D eigenvalue weighted by Crippen LogP contribution is -2.37. The van der Waals surface area contributed by atoms with Crippen molar-refractivity contribution in [1.82, 2.24) is 0 Å². The topological polar surface area (TPSA) is 63.2 Å². The Hall–Kier alpha value is -3.13. The Bertz CT molecular complexity index is 1100. The molecule has 3 rings (SSSR count). The summed E-state index contributed by atoms with van der Waals surface area (Å²) in [6.45, 7) is 4.33. The van der Waals surface area contributed by atoms with Crippen LogP contribution in [0.4, 0.5) is 0 Å². The van der Waals surface area contributed by atoms with Crippen molar-refractivity contribution >= 4 is 6.29 Å². The molecule has 6 heteroatoms. The van der Waals surface area contributed by atoms with Gasteiger partial charge in [-0.15, -0.1) is 0 Å². The zero-order valence-corrected chi connectivity index (χ0v) is 26.4. The summed E-state index contributed by atoms with van der Waals surface area (Å²) in [5, 5.41) is 0. The van der Waals surface area contributed by atoms with Crippen LogP contribution in [-0.4, -0.2) is 65.7 Å². The molecule has 0 amide bonds. The molecule has 0 aliphatic carbocycles. The predicted molar refractivity (Wildman–Crippen MR) is 171 cm³/mol. The fourth-order valence-corrected chi connectivity index (χ4v) is 5.52. The second-order valence-corrected chi connectivity index (χ2v) is 11.0. The number of aldehydes is 1. The van der Waals surface area contributed by atoms with Gasteiger partial charge < -0.3 is 28.5 Å². The Labute approximate surface area is 258 Å². The zero-order chi connectivity index (χ0) is 31.1. The minimum absolute atomic E-state index is 0.0758. The molecule has 0 spiro atoms. The molecule has 43 heavy (non-hydrogen) atoms. The summed E-state index contributed by atoms with van der Waals surface area (Å²) in [5.41, 5.74) is 2.32. The van der Waals surface area contributed by atoms with Crippen molar-refractivity contribution in [3.05, 3.63) is 120 Å². The summed E-state index contributed by atoms with van der Waals surface area (Å²) in [6.07, 6.45) is 5.54. The normalized spacial score (nSPS) is 16.3. The van der Waals surface area contributed by atoms with Crippen molar-refractivity contribution in [2.75, 3.05) is 35.0 Å². The summed E-state index contributed by atoms with van der Waals surface area (Å²) >= 11 is 0. The van der Waals surface area contributed by atoms with Crippen LogP contribution in [0.15, 0.2) is 103 Å². The van der Waals surface area contributed by atoms with E-state index in [0.717, 1.165) is 23.0 Å². The molecule has 0 radical (unpaired) electrons. The van der Waals surface area contributed by atoms with Crippen molar-refractivity contribution in [3.63, 3.8) is 0 Å². The largest absolute Gasteiger partial charge is 0.381 e. The third kappa shape index (κ3) is 9.18. The highest BCUT2D eigenvalue weighted by atomic mass is 16.5. The molecule has 0 aliphatic rings. The van der Waals surface area contributed by atoms with E-state index in [-0.39, 0.29) is 36.3 Å². The summed E-state index contributed by atoms with van der Waals surface area (Å²) in [4.78, 5) is 11.3. The molecule has 3 aromatic rings. The Morgan fingerprint density at radius 1 is 0.605 bits per heavy atom. The Morgan fingerprint density at radius 3 is 1.47 bits per heavy atom. The molecule has 0 N–H and O–H groups in total. The minimum atomic E-state index is -0.823. The first kappa shape index (κ1) is 34.4. The van der Waals surface area contributed by atoms with Crippen LogP contribution in [0, 0.1) is 11.8 Å². The van der Waals surface area contributed by atoms with Gasteiger partial charge >= 0.3 is 0 Å². The van der Waals surface area contributed by atoms with Crippen molar-refractivity contribution < 1.29 is 28.5 Å². The second kappa shape index (κ2) is 17.9. The van der Waals surface area contributed by atoms with E-state index in [9.17, 15) is 4.79 Å². The molecule has 0 heterocycles. The van der Waals surface area contributed by atoms with Gasteiger partial charge in [0.2, 0.25) is 0 Å². The number of hydrogen-bond acceptors (Lipinski definition) is 6. The molecule has 0 bridgehead atoms. The number of hydrogen-bond donors (Lipinski definition) is 0. The molecule has 0 saturated carbocycles. The molecule has 0 saturated heterocycles. The van der Waals surface area contributed by atoms with E-state index >= 15 is 0 Å². The first-order valence-electron chi connectivity index (χ1n) is 15.0. The molecule has 0 aromatic heterocycles. The number of methoxy groups -OCH3 is 4. The predicted octanol–water partition coefficient (Wildman–Crippen LogP) is 6.86. The van der Waals surface area contributed by atoms with Crippen LogP contribution in [0.2, 0.25) is 0 Å². The molecular weight excluding hydrogens is 540 g/mol. The average molecular weight is 589 g/mol. The van der Waals surface area contributed by atoms with Crippen molar-refractivity contribution in [3.8, 4) is 0 Å². The van der Waals surface area contributed by atoms with Crippen LogP contribution < -0.4 is 0 Å². The maximum absolute atomic E-state index is 11.3. The fourth-order valence-electron chi connectivity index (χ4n) is 5.52. The van der Waals surface area contributed by atoms with E-state index in [1.165, 1.54) is 0 Å². The van der Waals surface area contributed by atoms with Crippen LogP contribution in [0.25, 0.3) is 0 Å². The third-order valence-corrected chi connectivity index (χ3v) is 8.24. The van der Waals surface area contributed by atoms with Crippen LogP contribution in [-0.2, 0) is 34.1 Å². The Balaban J connectivity index is 1.81. The molecular formula is C37H48O6. The first-order chi connectivity index (χ1) is 20.9. The second-order valence-electron chi connectivity index (χ2n) is 11.0. The van der Waals surface area contributed by atoms with E-state index in [2.05, 4.69) is 49.4 Å². The highest BCUT2D eigenvalue weighted by Crippen LogP contribution is 2.40. The van der Waals surface area contributed by atoms with Crippen molar-refractivity contribution in [2.24, 2.45) is 11.8 Å². The van der Waals surface area contributed by atoms with Crippen molar-refractivity contribution in [2.45, 2.75) is 56.7 Å². The monoisotopic (exact) mass is 588 g/mol. The van der Waals surface area contributed by atoms with Gasteiger partial charge in [0.25, 0.3) is 0 Å². The lowest BCUT2D eigenvalue weighted by molar-refractivity contribution is -0.115. The average Bonchev–Trinajstić information content (AvgIpc) is 3.07. The Kier molecular flexibility index (Phi) is 14.3. The summed E-state index contributed by atoms with van der Waals surface area (Å²) in [7, 11) is 6.74. The van der Waals surface area contributed by atoms with Crippen LogP contribution in [0.5, 0.6) is 0 Å². The van der Waals surface area contributed by atoms with Gasteiger partial charge in [0.05, 0.1) is 31.0 Å². The van der Waals surface area contributed by atoms with Crippen LogP contribution in [0.3, 0.4) is 0 Å². The maximum Gasteiger partial charge on any atom is 0.143 e. The molecule has 3 aromatic carbocycles. The van der Waals surface area contributed by atoms with Crippen LogP contribution in [0.1, 0.15) is 43.4 Å². The lowest BCUT2D eigenvalue weighted by Gasteiger charge is -2.37. The minimum Gasteiger partial charge on any atom is -0.381 e. The first-order valence-corrected chi connectivity index (χ1v) is 15.0. The van der Waals surface area contributed by atoms with Gasteiger partial charge in [-0.3, -0.25) is 0 Å². The number of benzene rings is 3. The van der Waals surface area contributed by atoms with Gasteiger partial charge in [-0.2, -0.15) is 0 Å². The van der Waals surface area contributed by atoms with E-state index in [1.54, 1.807) is 28.4 Å². The number of rotatable bonds is 19. The summed E-state index contributed by atoms with van der Waals surface area (Å²) in [6, 6.07) is 31.0. The van der Waals surface area contributed by atoms with Crippen LogP contribution >= 0.6 is 0 Å². The fraction of sp³-hybridized carbons (Fsp3) is 0.432. The standard InChI is InChI=1S/C37H48O6/c1-28(22-23-33(39-3)24-36(42-6)29(2)26-38)35(41-5)25-34(40-4)27-43-37(30-16-10-7-11-17-30,31-18-12-8-13-19-31)32-20-14-9-15-21-32/h7-23,26,28-29,33-36H,24-25,27H2,1-6H3/t28-,29-,33+,34+,35-,36-/m0/s1. The van der Waals surface area contributed by atoms with Gasteiger partial charge in [-0.1, -0.05) is 117 Å². The maximum atomic E-state index is 11.3. The molecule has 6 nitrogen and oxygen atoms in total. The van der Waals surface area contributed by atoms with Gasteiger partial charge in [0.15, 0.2) is 0 Å². The van der Waals surface area contributed by atoms with Gasteiger partial charge in [0, 0.05) is 53.1 Å². The molecule has 0 unspecified atom stereocenters. The number of ether oxygens (including phenoxy) is 5. The quantitative estimate of drug-likeness (QED) is 0.0866. The van der Waals surface area contributed by atoms with E-state index in [1.807, 2.05) is 67.6 Å². The highest BCUT2D eigenvalue weighted by Gasteiger charge is 2.38. The van der Waals surface area contributed by atoms with E-state index in [0.29, 0.717) is 19.4 Å². The molecule has 0 aliphatic heterocycles. The lowest BCUT2D eigenvalue weighted by atomic mass is 9.80. The zero-order valence-electron chi connectivity index (χ0n) is 26.4. The summed E-state index contributed by atoms with van der Waals surface area (Å²) in [5.74, 6) is -0.135. The summed E-state index contributed by atoms with van der Waals surface area (Å²) < 4.78 is 30.2. The Morgan fingerprint density at radius 2 is 1.07 bits per heavy atom. The van der Waals surface area contributed by atoms with Crippen molar-refractivity contribution in [1.29, 1.82) is 0 Å². The van der Waals surface area contributed by atoms with Gasteiger partial charge in [0.1, 0.15) is 11.9 Å². The third-order valence-electron chi connectivity index (χ3n) is 8.24.